The van der Waals surface area contributed by atoms with E-state index >= 15 is 0 Å². The van der Waals surface area contributed by atoms with Crippen LogP contribution in [0.5, 0.6) is 0 Å². The zero-order valence-corrected chi connectivity index (χ0v) is 10.7. The second-order valence-electron chi connectivity index (χ2n) is 3.88. The van der Waals surface area contributed by atoms with Crippen molar-refractivity contribution in [1.82, 2.24) is 10.3 Å². The molecular formula is C14H14N2OS. The maximum Gasteiger partial charge on any atom is 0.251 e. The van der Waals surface area contributed by atoms with E-state index in [1.54, 1.807) is 18.3 Å². The van der Waals surface area contributed by atoms with Crippen molar-refractivity contribution in [2.24, 2.45) is 0 Å². The van der Waals surface area contributed by atoms with Crippen LogP contribution < -0.4 is 5.32 Å². The third-order valence-corrected chi connectivity index (χ3v) is 2.78. The van der Waals surface area contributed by atoms with Gasteiger partial charge in [0.1, 0.15) is 0 Å². The standard InChI is InChI=1S/C14H14N2OS/c17-14(11-4-3-6-13(18)10-11)16-9-7-12-5-1-2-8-15-12/h1-6,8,10,18H,7,9H2,(H,16,17). The summed E-state index contributed by atoms with van der Waals surface area (Å²) in [5.41, 5.74) is 1.60. The Morgan fingerprint density at radius 2 is 2.11 bits per heavy atom. The number of nitrogens with zero attached hydrogens (tertiary/aromatic N) is 1. The van der Waals surface area contributed by atoms with E-state index < -0.39 is 0 Å². The van der Waals surface area contributed by atoms with Gasteiger partial charge in [-0.1, -0.05) is 12.1 Å². The Bertz CT molecular complexity index is 528. The van der Waals surface area contributed by atoms with Gasteiger partial charge in [0, 0.05) is 35.3 Å². The summed E-state index contributed by atoms with van der Waals surface area (Å²) in [6, 6.07) is 12.9. The highest BCUT2D eigenvalue weighted by atomic mass is 32.1. The van der Waals surface area contributed by atoms with Crippen molar-refractivity contribution >= 4 is 18.5 Å². The molecule has 0 aliphatic rings. The van der Waals surface area contributed by atoms with Gasteiger partial charge in [-0.3, -0.25) is 9.78 Å². The van der Waals surface area contributed by atoms with Gasteiger partial charge in [-0.25, -0.2) is 0 Å². The minimum atomic E-state index is -0.0816. The third-order valence-electron chi connectivity index (χ3n) is 2.50. The number of carbonyl (C=O) groups is 1. The van der Waals surface area contributed by atoms with Crippen LogP contribution in [-0.2, 0) is 6.42 Å². The highest BCUT2D eigenvalue weighted by Crippen LogP contribution is 2.08. The van der Waals surface area contributed by atoms with Gasteiger partial charge in [-0.05, 0) is 30.3 Å². The first-order chi connectivity index (χ1) is 8.75. The predicted molar refractivity (Wildman–Crippen MR) is 74.0 cm³/mol. The molecule has 92 valence electrons. The van der Waals surface area contributed by atoms with E-state index in [1.807, 2.05) is 30.3 Å². The summed E-state index contributed by atoms with van der Waals surface area (Å²) < 4.78 is 0. The normalized spacial score (nSPS) is 10.1. The quantitative estimate of drug-likeness (QED) is 0.827. The van der Waals surface area contributed by atoms with Crippen LogP contribution in [0.1, 0.15) is 16.1 Å². The molecule has 2 rings (SSSR count). The first-order valence-corrected chi connectivity index (χ1v) is 6.17. The van der Waals surface area contributed by atoms with Gasteiger partial charge in [0.05, 0.1) is 0 Å². The maximum absolute atomic E-state index is 11.8. The number of hydrogen-bond donors (Lipinski definition) is 2. The molecule has 0 spiro atoms. The lowest BCUT2D eigenvalue weighted by Crippen LogP contribution is -2.25. The summed E-state index contributed by atoms with van der Waals surface area (Å²) in [4.78, 5) is 16.8. The molecule has 3 nitrogen and oxygen atoms in total. The van der Waals surface area contributed by atoms with Crippen LogP contribution in [0.25, 0.3) is 0 Å². The summed E-state index contributed by atoms with van der Waals surface area (Å²) in [6.45, 7) is 0.576. The lowest BCUT2D eigenvalue weighted by atomic mass is 10.2. The van der Waals surface area contributed by atoms with E-state index in [4.69, 9.17) is 0 Å². The van der Waals surface area contributed by atoms with E-state index in [2.05, 4.69) is 22.9 Å². The molecule has 0 bridgehead atoms. The predicted octanol–water partition coefficient (Wildman–Crippen LogP) is 2.34. The molecule has 1 N–H and O–H groups in total. The average molecular weight is 258 g/mol. The van der Waals surface area contributed by atoms with Crippen molar-refractivity contribution < 1.29 is 4.79 Å². The molecule has 0 fully saturated rings. The maximum atomic E-state index is 11.8. The Morgan fingerprint density at radius 3 is 2.83 bits per heavy atom. The SMILES string of the molecule is O=C(NCCc1ccccn1)c1cccc(S)c1. The van der Waals surface area contributed by atoms with E-state index in [9.17, 15) is 4.79 Å². The van der Waals surface area contributed by atoms with Gasteiger partial charge in [0.25, 0.3) is 5.91 Å². The molecule has 0 aliphatic heterocycles. The zero-order valence-electron chi connectivity index (χ0n) is 9.84. The highest BCUT2D eigenvalue weighted by Gasteiger charge is 2.04. The largest absolute Gasteiger partial charge is 0.352 e. The fourth-order valence-corrected chi connectivity index (χ4v) is 1.82. The molecule has 0 saturated carbocycles. The smallest absolute Gasteiger partial charge is 0.251 e. The summed E-state index contributed by atoms with van der Waals surface area (Å²) in [5.74, 6) is -0.0816. The number of hydrogen-bond acceptors (Lipinski definition) is 3. The number of benzene rings is 1. The van der Waals surface area contributed by atoms with Crippen molar-refractivity contribution in [3.8, 4) is 0 Å². The molecule has 4 heteroatoms. The van der Waals surface area contributed by atoms with Crippen molar-refractivity contribution in [2.45, 2.75) is 11.3 Å². The van der Waals surface area contributed by atoms with Crippen LogP contribution in [0.15, 0.2) is 53.6 Å². The Kier molecular flexibility index (Phi) is 4.36. The molecule has 1 aromatic heterocycles. The minimum Gasteiger partial charge on any atom is -0.352 e. The van der Waals surface area contributed by atoms with Gasteiger partial charge in [-0.15, -0.1) is 12.6 Å². The van der Waals surface area contributed by atoms with Gasteiger partial charge >= 0.3 is 0 Å². The molecule has 1 amide bonds. The molecule has 0 atom stereocenters. The van der Waals surface area contributed by atoms with Crippen LogP contribution in [-0.4, -0.2) is 17.4 Å². The van der Waals surface area contributed by atoms with Crippen LogP contribution in [0.4, 0.5) is 0 Å². The number of thiol groups is 1. The second kappa shape index (κ2) is 6.21. The minimum absolute atomic E-state index is 0.0816. The molecule has 0 aliphatic carbocycles. The lowest BCUT2D eigenvalue weighted by Gasteiger charge is -2.05. The van der Waals surface area contributed by atoms with Gasteiger partial charge in [-0.2, -0.15) is 0 Å². The summed E-state index contributed by atoms with van der Waals surface area (Å²) >= 11 is 4.21. The van der Waals surface area contributed by atoms with Crippen LogP contribution in [0.2, 0.25) is 0 Å². The highest BCUT2D eigenvalue weighted by molar-refractivity contribution is 7.80. The fourth-order valence-electron chi connectivity index (χ4n) is 1.60. The summed E-state index contributed by atoms with van der Waals surface area (Å²) in [6.07, 6.45) is 2.48. The van der Waals surface area contributed by atoms with Crippen molar-refractivity contribution in [1.29, 1.82) is 0 Å². The Labute approximate surface area is 112 Å². The van der Waals surface area contributed by atoms with Crippen LogP contribution in [0.3, 0.4) is 0 Å². The molecule has 18 heavy (non-hydrogen) atoms. The van der Waals surface area contributed by atoms with Crippen molar-refractivity contribution in [3.63, 3.8) is 0 Å². The molecule has 0 unspecified atom stereocenters. The first kappa shape index (κ1) is 12.6. The summed E-state index contributed by atoms with van der Waals surface area (Å²) in [7, 11) is 0. The van der Waals surface area contributed by atoms with Gasteiger partial charge < -0.3 is 5.32 Å². The number of aromatic nitrogens is 1. The molecule has 0 saturated heterocycles. The van der Waals surface area contributed by atoms with E-state index in [1.165, 1.54) is 0 Å². The fraction of sp³-hybridized carbons (Fsp3) is 0.143. The molecule has 0 radical (unpaired) electrons. The lowest BCUT2D eigenvalue weighted by molar-refractivity contribution is 0.0954. The van der Waals surface area contributed by atoms with E-state index in [0.717, 1.165) is 17.0 Å². The van der Waals surface area contributed by atoms with E-state index in [0.29, 0.717) is 12.1 Å². The number of amides is 1. The topological polar surface area (TPSA) is 42.0 Å². The first-order valence-electron chi connectivity index (χ1n) is 5.73. The molecule has 1 heterocycles. The van der Waals surface area contributed by atoms with Crippen molar-refractivity contribution in [3.05, 3.63) is 59.9 Å². The Morgan fingerprint density at radius 1 is 1.22 bits per heavy atom. The molecule has 2 aromatic rings. The van der Waals surface area contributed by atoms with Crippen LogP contribution >= 0.6 is 12.6 Å². The molecule has 1 aromatic carbocycles. The number of rotatable bonds is 4. The van der Waals surface area contributed by atoms with Gasteiger partial charge in [0.2, 0.25) is 0 Å². The average Bonchev–Trinajstić information content (AvgIpc) is 2.40. The third kappa shape index (κ3) is 3.60. The summed E-state index contributed by atoms with van der Waals surface area (Å²) in [5, 5.41) is 2.86. The Balaban J connectivity index is 1.86. The number of pyridine rings is 1. The number of carbonyl (C=O) groups excluding carboxylic acids is 1. The second-order valence-corrected chi connectivity index (χ2v) is 4.39. The van der Waals surface area contributed by atoms with Crippen LogP contribution in [0, 0.1) is 0 Å². The van der Waals surface area contributed by atoms with Gasteiger partial charge in [0.15, 0.2) is 0 Å². The zero-order chi connectivity index (χ0) is 12.8. The Hall–Kier alpha value is -1.81. The number of nitrogens with one attached hydrogen (secondary N) is 1. The molecular weight excluding hydrogens is 244 g/mol. The van der Waals surface area contributed by atoms with E-state index in [-0.39, 0.29) is 5.91 Å². The van der Waals surface area contributed by atoms with Crippen molar-refractivity contribution in [2.75, 3.05) is 6.54 Å². The monoisotopic (exact) mass is 258 g/mol.